The summed E-state index contributed by atoms with van der Waals surface area (Å²) in [6, 6.07) is 0. The maximum atomic E-state index is 10.4. The molecule has 0 radical (unpaired) electrons. The van der Waals surface area contributed by atoms with Gasteiger partial charge in [-0.05, 0) is 0 Å². The highest BCUT2D eigenvalue weighted by atomic mass is 35.5. The molecule has 2 N–H and O–H groups in total. The van der Waals surface area contributed by atoms with Crippen LogP contribution in [0.25, 0.3) is 0 Å². The Balaban J connectivity index is 5.18. The molecule has 0 amide bonds. The monoisotopic (exact) mass is 204 g/mol. The second-order valence-electron chi connectivity index (χ2n) is 1.94. The number of methoxy groups -OCH3 is 1. The summed E-state index contributed by atoms with van der Waals surface area (Å²) in [5.74, 6) is -0.0347. The zero-order chi connectivity index (χ0) is 10.4. The number of ether oxygens (including phenoxy) is 1. The number of allylic oxidation sites excluding steroid dienone is 2. The molecule has 0 aliphatic rings. The molecule has 5 nitrogen and oxygen atoms in total. The number of nitrogens with zero attached hydrogens (tertiary/aromatic N) is 1. The quantitative estimate of drug-likeness (QED) is 0.247. The summed E-state index contributed by atoms with van der Waals surface area (Å²) in [7, 11) is 1.28. The minimum atomic E-state index is -0.637. The van der Waals surface area contributed by atoms with Crippen molar-refractivity contribution in [3.63, 3.8) is 0 Å². The van der Waals surface area contributed by atoms with Gasteiger partial charge in [0.15, 0.2) is 5.76 Å². The molecule has 0 saturated carbocycles. The first kappa shape index (κ1) is 11.5. The maximum absolute atomic E-state index is 10.4. The predicted octanol–water partition coefficient (Wildman–Crippen LogP) is 1.35. The number of nitro groups is 1. The average molecular weight is 205 g/mol. The van der Waals surface area contributed by atoms with Crippen molar-refractivity contribution in [2.75, 3.05) is 7.11 Å². The van der Waals surface area contributed by atoms with E-state index in [1.165, 1.54) is 7.11 Å². The van der Waals surface area contributed by atoms with Gasteiger partial charge in [-0.25, -0.2) is 0 Å². The first-order valence-electron chi connectivity index (χ1n) is 3.20. The fourth-order valence-electron chi connectivity index (χ4n) is 0.628. The van der Waals surface area contributed by atoms with Gasteiger partial charge < -0.3 is 10.5 Å². The second kappa shape index (κ2) is 5.21. The molecule has 13 heavy (non-hydrogen) atoms. The Morgan fingerprint density at radius 1 is 1.77 bits per heavy atom. The summed E-state index contributed by atoms with van der Waals surface area (Å²) in [5, 5.41) is 10.3. The van der Waals surface area contributed by atoms with Crippen molar-refractivity contribution in [3.8, 4) is 0 Å². The summed E-state index contributed by atoms with van der Waals surface area (Å²) in [5.41, 5.74) is 4.83. The highest BCUT2D eigenvalue weighted by Gasteiger charge is 2.13. The number of nitrogens with two attached hydrogens (primary N) is 1. The smallest absolute Gasteiger partial charge is 0.310 e. The van der Waals surface area contributed by atoms with Crippen molar-refractivity contribution in [2.24, 2.45) is 5.73 Å². The average Bonchev–Trinajstić information content (AvgIpc) is 2.02. The fraction of sp³-hybridized carbons (Fsp3) is 0.143. The van der Waals surface area contributed by atoms with Crippen molar-refractivity contribution >= 4 is 11.6 Å². The van der Waals surface area contributed by atoms with Crippen molar-refractivity contribution in [3.05, 3.63) is 45.5 Å². The minimum Gasteiger partial charge on any atom is -0.490 e. The summed E-state index contributed by atoms with van der Waals surface area (Å²) in [4.78, 5) is 9.76. The van der Waals surface area contributed by atoms with E-state index in [-0.39, 0.29) is 16.6 Å². The Morgan fingerprint density at radius 3 is 2.54 bits per heavy atom. The molecule has 0 spiro atoms. The molecule has 0 aromatic carbocycles. The normalized spacial score (nSPS) is 13.2. The van der Waals surface area contributed by atoms with Crippen LogP contribution >= 0.6 is 11.6 Å². The number of hydrogen-bond acceptors (Lipinski definition) is 4. The highest BCUT2D eigenvalue weighted by molar-refractivity contribution is 6.29. The SMILES string of the molecule is C=C/C(=C(\C=C(/N)Cl)OC)[N+](=O)[O-]. The van der Waals surface area contributed by atoms with Crippen LogP contribution in [0.4, 0.5) is 0 Å². The van der Waals surface area contributed by atoms with E-state index in [0.29, 0.717) is 0 Å². The molecule has 72 valence electrons. The molecule has 0 unspecified atom stereocenters. The van der Waals surface area contributed by atoms with Gasteiger partial charge in [-0.3, -0.25) is 10.1 Å². The van der Waals surface area contributed by atoms with E-state index in [2.05, 4.69) is 6.58 Å². The van der Waals surface area contributed by atoms with E-state index in [0.717, 1.165) is 12.2 Å². The molecule has 0 rings (SSSR count). The molecular weight excluding hydrogens is 196 g/mol. The van der Waals surface area contributed by atoms with Crippen LogP contribution < -0.4 is 5.73 Å². The van der Waals surface area contributed by atoms with Crippen LogP contribution in [0.15, 0.2) is 35.3 Å². The molecule has 0 aromatic rings. The van der Waals surface area contributed by atoms with Gasteiger partial charge in [-0.1, -0.05) is 18.2 Å². The lowest BCUT2D eigenvalue weighted by Crippen LogP contribution is -2.02. The predicted molar refractivity (Wildman–Crippen MR) is 49.3 cm³/mol. The van der Waals surface area contributed by atoms with Crippen LogP contribution in [0, 0.1) is 10.1 Å². The molecule has 0 atom stereocenters. The molecule has 0 aromatic heterocycles. The van der Waals surface area contributed by atoms with Crippen LogP contribution in [0.2, 0.25) is 0 Å². The van der Waals surface area contributed by atoms with E-state index >= 15 is 0 Å². The topological polar surface area (TPSA) is 78.4 Å². The van der Waals surface area contributed by atoms with Gasteiger partial charge >= 0.3 is 5.70 Å². The molecule has 0 bridgehead atoms. The molecular formula is C7H9ClN2O3. The van der Waals surface area contributed by atoms with E-state index < -0.39 is 4.92 Å². The van der Waals surface area contributed by atoms with E-state index in [1.54, 1.807) is 0 Å². The Labute approximate surface area is 80.3 Å². The van der Waals surface area contributed by atoms with Crippen LogP contribution in [-0.4, -0.2) is 12.0 Å². The summed E-state index contributed by atoms with van der Waals surface area (Å²) >= 11 is 5.32. The van der Waals surface area contributed by atoms with Crippen molar-refractivity contribution in [1.29, 1.82) is 0 Å². The lowest BCUT2D eigenvalue weighted by Gasteiger charge is -2.00. The second-order valence-corrected chi connectivity index (χ2v) is 2.38. The lowest BCUT2D eigenvalue weighted by atomic mass is 10.3. The van der Waals surface area contributed by atoms with Gasteiger partial charge in [0, 0.05) is 12.2 Å². The van der Waals surface area contributed by atoms with Crippen LogP contribution in [0.1, 0.15) is 0 Å². The van der Waals surface area contributed by atoms with E-state index in [9.17, 15) is 10.1 Å². The highest BCUT2D eigenvalue weighted by Crippen LogP contribution is 2.11. The largest absolute Gasteiger partial charge is 0.490 e. The van der Waals surface area contributed by atoms with Gasteiger partial charge in [-0.2, -0.15) is 0 Å². The van der Waals surface area contributed by atoms with Crippen LogP contribution in [0.5, 0.6) is 0 Å². The first-order valence-corrected chi connectivity index (χ1v) is 3.58. The zero-order valence-corrected chi connectivity index (χ0v) is 7.75. The van der Waals surface area contributed by atoms with E-state index in [4.69, 9.17) is 22.1 Å². The Hall–Kier alpha value is -1.49. The van der Waals surface area contributed by atoms with Gasteiger partial charge in [-0.15, -0.1) is 0 Å². The molecule has 0 fully saturated rings. The third-order valence-electron chi connectivity index (χ3n) is 1.13. The number of halogens is 1. The maximum Gasteiger partial charge on any atom is 0.310 e. The lowest BCUT2D eigenvalue weighted by molar-refractivity contribution is -0.421. The van der Waals surface area contributed by atoms with Gasteiger partial charge in [0.05, 0.1) is 12.0 Å². The van der Waals surface area contributed by atoms with Gasteiger partial charge in [0.25, 0.3) is 0 Å². The standard InChI is InChI=1S/C7H9ClN2O3/c1-3-5(10(11)12)6(13-2)4-7(8)9/h3-4H,1,9H2,2H3/b6-5-,7-4-. The molecule has 0 heterocycles. The molecule has 0 saturated heterocycles. The fourth-order valence-corrected chi connectivity index (χ4v) is 0.727. The number of hydrogen-bond donors (Lipinski definition) is 1. The zero-order valence-electron chi connectivity index (χ0n) is 6.99. The molecule has 0 aliphatic carbocycles. The van der Waals surface area contributed by atoms with Gasteiger partial charge in [0.1, 0.15) is 5.16 Å². The number of rotatable bonds is 4. The minimum absolute atomic E-state index is 0.0347. The third kappa shape index (κ3) is 3.62. The van der Waals surface area contributed by atoms with Crippen molar-refractivity contribution in [2.45, 2.75) is 0 Å². The third-order valence-corrected chi connectivity index (χ3v) is 1.24. The van der Waals surface area contributed by atoms with Crippen molar-refractivity contribution < 1.29 is 9.66 Å². The van der Waals surface area contributed by atoms with Crippen LogP contribution in [0.3, 0.4) is 0 Å². The molecule has 6 heteroatoms. The Bertz CT molecular complexity index is 279. The van der Waals surface area contributed by atoms with Crippen LogP contribution in [-0.2, 0) is 4.74 Å². The van der Waals surface area contributed by atoms with Gasteiger partial charge in [0.2, 0.25) is 0 Å². The summed E-state index contributed by atoms with van der Waals surface area (Å²) in [6.45, 7) is 3.27. The van der Waals surface area contributed by atoms with E-state index in [1.807, 2.05) is 0 Å². The van der Waals surface area contributed by atoms with Crippen molar-refractivity contribution in [1.82, 2.24) is 0 Å². The Morgan fingerprint density at radius 2 is 2.31 bits per heavy atom. The summed E-state index contributed by atoms with van der Waals surface area (Å²) in [6.07, 6.45) is 2.19. The summed E-state index contributed by atoms with van der Waals surface area (Å²) < 4.78 is 4.70. The molecule has 0 aliphatic heterocycles. The Kier molecular flexibility index (Phi) is 4.61. The first-order chi connectivity index (χ1) is 6.02.